The van der Waals surface area contributed by atoms with E-state index in [4.69, 9.17) is 9.47 Å². The third-order valence-electron chi connectivity index (χ3n) is 4.49. The van der Waals surface area contributed by atoms with Crippen molar-refractivity contribution in [3.05, 3.63) is 77.6 Å². The topological polar surface area (TPSA) is 30.5 Å². The Bertz CT molecular complexity index is 866. The minimum Gasteiger partial charge on any atom is -0.488 e. The normalized spacial score (nSPS) is 11.0. The van der Waals surface area contributed by atoms with Crippen molar-refractivity contribution >= 4 is 10.8 Å². The van der Waals surface area contributed by atoms with E-state index in [1.165, 1.54) is 11.5 Å². The molecular formula is C23H26FNO2. The average Bonchev–Trinajstić information content (AvgIpc) is 2.70. The lowest BCUT2D eigenvalue weighted by Crippen LogP contribution is -2.17. The number of rotatable bonds is 10. The predicted octanol–water partition coefficient (Wildman–Crippen LogP) is 5.07. The van der Waals surface area contributed by atoms with Crippen LogP contribution in [0.4, 0.5) is 4.39 Å². The van der Waals surface area contributed by atoms with Gasteiger partial charge in [0.1, 0.15) is 18.2 Å². The van der Waals surface area contributed by atoms with Crippen molar-refractivity contribution in [2.45, 2.75) is 26.5 Å². The second-order valence-corrected chi connectivity index (χ2v) is 6.37. The number of halogens is 1. The quantitative estimate of drug-likeness (QED) is 0.507. The molecule has 0 atom stereocenters. The van der Waals surface area contributed by atoms with Crippen LogP contribution in [0.3, 0.4) is 0 Å². The maximum atomic E-state index is 13.9. The maximum Gasteiger partial charge on any atom is 0.129 e. The van der Waals surface area contributed by atoms with Gasteiger partial charge in [-0.1, -0.05) is 48.5 Å². The first-order valence-electron chi connectivity index (χ1n) is 9.45. The molecule has 0 saturated carbocycles. The van der Waals surface area contributed by atoms with Crippen LogP contribution >= 0.6 is 0 Å². The fraction of sp³-hybridized carbons (Fsp3) is 0.304. The lowest BCUT2D eigenvalue weighted by molar-refractivity contribution is 0.144. The predicted molar refractivity (Wildman–Crippen MR) is 107 cm³/mol. The third kappa shape index (κ3) is 5.28. The molecular weight excluding hydrogens is 341 g/mol. The van der Waals surface area contributed by atoms with Gasteiger partial charge >= 0.3 is 0 Å². The van der Waals surface area contributed by atoms with Crippen molar-refractivity contribution in [2.24, 2.45) is 0 Å². The summed E-state index contributed by atoms with van der Waals surface area (Å²) in [7, 11) is 0. The van der Waals surface area contributed by atoms with Crippen LogP contribution in [0.25, 0.3) is 10.8 Å². The number of nitrogens with one attached hydrogen (secondary N) is 1. The smallest absolute Gasteiger partial charge is 0.129 e. The first-order valence-corrected chi connectivity index (χ1v) is 9.45. The Balaban J connectivity index is 1.74. The number of hydrogen-bond donors (Lipinski definition) is 1. The van der Waals surface area contributed by atoms with Gasteiger partial charge in [0, 0.05) is 30.9 Å². The van der Waals surface area contributed by atoms with Crippen LogP contribution < -0.4 is 10.1 Å². The summed E-state index contributed by atoms with van der Waals surface area (Å²) in [6.07, 6.45) is 0.962. The van der Waals surface area contributed by atoms with Gasteiger partial charge in [0.25, 0.3) is 0 Å². The van der Waals surface area contributed by atoms with E-state index in [0.717, 1.165) is 42.9 Å². The van der Waals surface area contributed by atoms with E-state index in [0.29, 0.717) is 12.1 Å². The molecule has 27 heavy (non-hydrogen) atoms. The van der Waals surface area contributed by atoms with Crippen molar-refractivity contribution in [3.63, 3.8) is 0 Å². The summed E-state index contributed by atoms with van der Waals surface area (Å²) in [4.78, 5) is 0. The van der Waals surface area contributed by atoms with Gasteiger partial charge in [-0.15, -0.1) is 0 Å². The lowest BCUT2D eigenvalue weighted by atomic mass is 10.0. The van der Waals surface area contributed by atoms with Gasteiger partial charge in [0.05, 0.1) is 0 Å². The van der Waals surface area contributed by atoms with E-state index < -0.39 is 0 Å². The molecule has 0 spiro atoms. The van der Waals surface area contributed by atoms with Gasteiger partial charge in [0.2, 0.25) is 0 Å². The number of fused-ring (bicyclic) bond motifs is 1. The van der Waals surface area contributed by atoms with Crippen molar-refractivity contribution < 1.29 is 13.9 Å². The maximum absolute atomic E-state index is 13.9. The Morgan fingerprint density at radius 1 is 0.963 bits per heavy atom. The van der Waals surface area contributed by atoms with Gasteiger partial charge in [-0.3, -0.25) is 0 Å². The molecule has 3 nitrogen and oxygen atoms in total. The highest BCUT2D eigenvalue weighted by Gasteiger charge is 2.10. The molecule has 0 amide bonds. The van der Waals surface area contributed by atoms with Crippen molar-refractivity contribution in [1.29, 1.82) is 0 Å². The summed E-state index contributed by atoms with van der Waals surface area (Å²) in [5, 5.41) is 5.79. The van der Waals surface area contributed by atoms with Gasteiger partial charge in [-0.2, -0.15) is 0 Å². The summed E-state index contributed by atoms with van der Waals surface area (Å²) in [5.74, 6) is 0.545. The fourth-order valence-electron chi connectivity index (χ4n) is 3.06. The zero-order valence-electron chi connectivity index (χ0n) is 15.7. The first-order chi connectivity index (χ1) is 13.3. The van der Waals surface area contributed by atoms with E-state index in [2.05, 4.69) is 17.4 Å². The lowest BCUT2D eigenvalue weighted by Gasteiger charge is -2.15. The molecule has 3 rings (SSSR count). The van der Waals surface area contributed by atoms with Crippen LogP contribution in [-0.2, 0) is 17.9 Å². The van der Waals surface area contributed by atoms with Gasteiger partial charge < -0.3 is 14.8 Å². The number of hydrogen-bond acceptors (Lipinski definition) is 3. The minimum atomic E-state index is -0.242. The van der Waals surface area contributed by atoms with E-state index in [-0.39, 0.29) is 12.4 Å². The largest absolute Gasteiger partial charge is 0.488 e. The summed E-state index contributed by atoms with van der Waals surface area (Å²) in [6, 6.07) is 19.0. The third-order valence-corrected chi connectivity index (χ3v) is 4.49. The molecule has 3 aromatic rings. The Hall–Kier alpha value is -2.43. The monoisotopic (exact) mass is 367 g/mol. The standard InChI is InChI=1S/C23H26FNO2/c1-2-26-15-7-14-25-16-21-20-10-5-3-8-18(20)12-13-23(21)27-17-19-9-4-6-11-22(19)24/h3-6,8-13,25H,2,7,14-17H2,1H3. The van der Waals surface area contributed by atoms with E-state index in [1.54, 1.807) is 12.1 Å². The highest BCUT2D eigenvalue weighted by atomic mass is 19.1. The summed E-state index contributed by atoms with van der Waals surface area (Å²) in [6.45, 7) is 5.29. The second-order valence-electron chi connectivity index (χ2n) is 6.37. The van der Waals surface area contributed by atoms with Crippen LogP contribution in [0.2, 0.25) is 0 Å². The highest BCUT2D eigenvalue weighted by molar-refractivity contribution is 5.87. The summed E-state index contributed by atoms with van der Waals surface area (Å²) >= 11 is 0. The average molecular weight is 367 g/mol. The molecule has 0 aromatic heterocycles. The van der Waals surface area contributed by atoms with E-state index in [1.807, 2.05) is 37.3 Å². The number of ether oxygens (including phenoxy) is 2. The van der Waals surface area contributed by atoms with Gasteiger partial charge in [-0.25, -0.2) is 4.39 Å². The molecule has 142 valence electrons. The molecule has 1 N–H and O–H groups in total. The molecule has 4 heteroatoms. The van der Waals surface area contributed by atoms with Gasteiger partial charge in [0.15, 0.2) is 0 Å². The zero-order valence-corrected chi connectivity index (χ0v) is 15.7. The summed E-state index contributed by atoms with van der Waals surface area (Å²) in [5.41, 5.74) is 1.65. The van der Waals surface area contributed by atoms with Crippen LogP contribution in [0.5, 0.6) is 5.75 Å². The van der Waals surface area contributed by atoms with E-state index >= 15 is 0 Å². The fourth-order valence-corrected chi connectivity index (χ4v) is 3.06. The van der Waals surface area contributed by atoms with Crippen LogP contribution in [0, 0.1) is 5.82 Å². The van der Waals surface area contributed by atoms with Crippen LogP contribution in [0.1, 0.15) is 24.5 Å². The molecule has 0 unspecified atom stereocenters. The molecule has 0 aliphatic rings. The SMILES string of the molecule is CCOCCCNCc1c(OCc2ccccc2F)ccc2ccccc12. The van der Waals surface area contributed by atoms with E-state index in [9.17, 15) is 4.39 Å². The first kappa shape index (κ1) is 19.3. The molecule has 0 aliphatic heterocycles. The molecule has 0 fully saturated rings. The number of benzene rings is 3. The Morgan fingerprint density at radius 3 is 2.63 bits per heavy atom. The molecule has 0 radical (unpaired) electrons. The van der Waals surface area contributed by atoms with Crippen molar-refractivity contribution in [1.82, 2.24) is 5.32 Å². The van der Waals surface area contributed by atoms with Crippen LogP contribution in [-0.4, -0.2) is 19.8 Å². The molecule has 3 aromatic carbocycles. The van der Waals surface area contributed by atoms with Crippen molar-refractivity contribution in [2.75, 3.05) is 19.8 Å². The summed E-state index contributed by atoms with van der Waals surface area (Å²) < 4.78 is 25.3. The zero-order chi connectivity index (χ0) is 18.9. The van der Waals surface area contributed by atoms with Crippen molar-refractivity contribution in [3.8, 4) is 5.75 Å². The Morgan fingerprint density at radius 2 is 1.78 bits per heavy atom. The Kier molecular flexibility index (Phi) is 7.19. The minimum absolute atomic E-state index is 0.211. The molecule has 0 heterocycles. The molecule has 0 saturated heterocycles. The highest BCUT2D eigenvalue weighted by Crippen LogP contribution is 2.29. The molecule has 0 aliphatic carbocycles. The second kappa shape index (κ2) is 10.0. The Labute approximate surface area is 160 Å². The van der Waals surface area contributed by atoms with Gasteiger partial charge in [-0.05, 0) is 42.8 Å². The van der Waals surface area contributed by atoms with Crippen LogP contribution in [0.15, 0.2) is 60.7 Å². The molecule has 0 bridgehead atoms.